The average molecular weight is 269 g/mol. The molecule has 96 valence electrons. The van der Waals surface area contributed by atoms with Gasteiger partial charge >= 0.3 is 0 Å². The molecule has 0 saturated carbocycles. The van der Waals surface area contributed by atoms with Crippen molar-refractivity contribution in [2.45, 2.75) is 5.37 Å². The van der Waals surface area contributed by atoms with Crippen LogP contribution in [-0.4, -0.2) is 7.11 Å². The predicted octanol–water partition coefficient (Wildman–Crippen LogP) is 4.42. The second-order valence-corrected chi connectivity index (χ2v) is 5.28. The quantitative estimate of drug-likeness (QED) is 0.818. The fourth-order valence-electron chi connectivity index (χ4n) is 2.17. The highest BCUT2D eigenvalue weighted by molar-refractivity contribution is 8.02. The summed E-state index contributed by atoms with van der Waals surface area (Å²) in [6, 6.07) is 18.7. The molecule has 0 bridgehead atoms. The van der Waals surface area contributed by atoms with Crippen LogP contribution >= 0.6 is 11.8 Å². The topological polar surface area (TPSA) is 12.5 Å². The third-order valence-corrected chi connectivity index (χ3v) is 4.15. The summed E-state index contributed by atoms with van der Waals surface area (Å²) in [5.74, 6) is 0.884. The first kappa shape index (κ1) is 12.2. The number of hydrogen-bond donors (Lipinski definition) is 0. The minimum absolute atomic E-state index is 0.299. The van der Waals surface area contributed by atoms with Crippen molar-refractivity contribution < 1.29 is 4.74 Å². The van der Waals surface area contributed by atoms with Gasteiger partial charge in [0, 0.05) is 18.0 Å². The zero-order valence-electron chi connectivity index (χ0n) is 10.7. The molecule has 0 radical (unpaired) electrons. The van der Waals surface area contributed by atoms with Crippen LogP contribution < -0.4 is 9.64 Å². The SMILES string of the molecule is COc1cccc(N2C=CSC2c2ccccc2)c1. The van der Waals surface area contributed by atoms with E-state index >= 15 is 0 Å². The van der Waals surface area contributed by atoms with Gasteiger partial charge < -0.3 is 9.64 Å². The van der Waals surface area contributed by atoms with Gasteiger partial charge in [-0.3, -0.25) is 0 Å². The maximum absolute atomic E-state index is 5.30. The van der Waals surface area contributed by atoms with Gasteiger partial charge in [0.05, 0.1) is 7.11 Å². The van der Waals surface area contributed by atoms with Gasteiger partial charge in [0.25, 0.3) is 0 Å². The van der Waals surface area contributed by atoms with Gasteiger partial charge in [-0.2, -0.15) is 0 Å². The first-order valence-electron chi connectivity index (χ1n) is 6.18. The Labute approximate surface area is 117 Å². The molecule has 1 heterocycles. The Morgan fingerprint density at radius 2 is 1.89 bits per heavy atom. The summed E-state index contributed by atoms with van der Waals surface area (Å²) >= 11 is 1.82. The molecule has 1 atom stereocenters. The number of thioether (sulfide) groups is 1. The zero-order chi connectivity index (χ0) is 13.1. The molecular formula is C16H15NOS. The van der Waals surface area contributed by atoms with E-state index < -0.39 is 0 Å². The van der Waals surface area contributed by atoms with Gasteiger partial charge in [0.15, 0.2) is 0 Å². The molecule has 19 heavy (non-hydrogen) atoms. The molecule has 1 aliphatic heterocycles. The minimum Gasteiger partial charge on any atom is -0.497 e. The van der Waals surface area contributed by atoms with Gasteiger partial charge in [-0.15, -0.1) is 11.8 Å². The first-order chi connectivity index (χ1) is 9.38. The van der Waals surface area contributed by atoms with Crippen molar-refractivity contribution >= 4 is 17.4 Å². The molecule has 0 aromatic heterocycles. The summed E-state index contributed by atoms with van der Waals surface area (Å²) in [6.07, 6.45) is 2.12. The Kier molecular flexibility index (Phi) is 3.47. The summed E-state index contributed by atoms with van der Waals surface area (Å²) in [5.41, 5.74) is 2.45. The predicted molar refractivity (Wildman–Crippen MR) is 81.4 cm³/mol. The van der Waals surface area contributed by atoms with E-state index in [9.17, 15) is 0 Å². The molecular weight excluding hydrogens is 254 g/mol. The number of nitrogens with zero attached hydrogens (tertiary/aromatic N) is 1. The van der Waals surface area contributed by atoms with Crippen LogP contribution in [0.2, 0.25) is 0 Å². The number of anilines is 1. The summed E-state index contributed by atoms with van der Waals surface area (Å²) in [4.78, 5) is 2.27. The molecule has 1 aliphatic rings. The Morgan fingerprint density at radius 1 is 1.05 bits per heavy atom. The summed E-state index contributed by atoms with van der Waals surface area (Å²) in [6.45, 7) is 0. The first-order valence-corrected chi connectivity index (χ1v) is 7.12. The molecule has 2 nitrogen and oxygen atoms in total. The van der Waals surface area contributed by atoms with Crippen LogP contribution in [0.3, 0.4) is 0 Å². The number of rotatable bonds is 3. The van der Waals surface area contributed by atoms with Crippen LogP contribution in [-0.2, 0) is 0 Å². The molecule has 0 spiro atoms. The molecule has 0 saturated heterocycles. The highest BCUT2D eigenvalue weighted by Crippen LogP contribution is 2.42. The van der Waals surface area contributed by atoms with Gasteiger partial charge in [0.2, 0.25) is 0 Å². The third kappa shape index (κ3) is 2.47. The molecule has 1 unspecified atom stereocenters. The molecule has 3 rings (SSSR count). The fraction of sp³-hybridized carbons (Fsp3) is 0.125. The second kappa shape index (κ2) is 5.41. The molecule has 0 amide bonds. The second-order valence-electron chi connectivity index (χ2n) is 4.29. The molecule has 0 aliphatic carbocycles. The van der Waals surface area contributed by atoms with E-state index in [0.29, 0.717) is 5.37 Å². The molecule has 2 aromatic carbocycles. The largest absolute Gasteiger partial charge is 0.497 e. The zero-order valence-corrected chi connectivity index (χ0v) is 11.5. The van der Waals surface area contributed by atoms with Gasteiger partial charge in [0.1, 0.15) is 11.1 Å². The third-order valence-electron chi connectivity index (χ3n) is 3.12. The lowest BCUT2D eigenvalue weighted by atomic mass is 10.2. The van der Waals surface area contributed by atoms with Gasteiger partial charge in [-0.05, 0) is 23.1 Å². The van der Waals surface area contributed by atoms with E-state index in [-0.39, 0.29) is 0 Å². The van der Waals surface area contributed by atoms with E-state index in [4.69, 9.17) is 4.74 Å². The van der Waals surface area contributed by atoms with Crippen LogP contribution in [0.4, 0.5) is 5.69 Å². The number of methoxy groups -OCH3 is 1. The smallest absolute Gasteiger partial charge is 0.120 e. The lowest BCUT2D eigenvalue weighted by Crippen LogP contribution is -2.16. The van der Waals surface area contributed by atoms with Crippen molar-refractivity contribution in [2.75, 3.05) is 12.0 Å². The normalized spacial score (nSPS) is 17.7. The van der Waals surface area contributed by atoms with Crippen molar-refractivity contribution in [2.24, 2.45) is 0 Å². The van der Waals surface area contributed by atoms with E-state index in [1.807, 2.05) is 30.0 Å². The fourth-order valence-corrected chi connectivity index (χ4v) is 3.16. The van der Waals surface area contributed by atoms with E-state index in [1.54, 1.807) is 7.11 Å². The van der Waals surface area contributed by atoms with Crippen LogP contribution in [0.1, 0.15) is 10.9 Å². The monoisotopic (exact) mass is 269 g/mol. The lowest BCUT2D eigenvalue weighted by Gasteiger charge is -2.25. The molecule has 0 fully saturated rings. The molecule has 0 N–H and O–H groups in total. The summed E-state index contributed by atoms with van der Waals surface area (Å²) < 4.78 is 5.30. The highest BCUT2D eigenvalue weighted by Gasteiger charge is 2.23. The summed E-state index contributed by atoms with van der Waals surface area (Å²) in [7, 11) is 1.70. The molecule has 3 heteroatoms. The number of hydrogen-bond acceptors (Lipinski definition) is 3. The maximum Gasteiger partial charge on any atom is 0.120 e. The Balaban J connectivity index is 1.92. The Morgan fingerprint density at radius 3 is 2.68 bits per heavy atom. The van der Waals surface area contributed by atoms with E-state index in [2.05, 4.69) is 52.9 Å². The summed E-state index contributed by atoms with van der Waals surface area (Å²) in [5, 5.41) is 2.44. The highest BCUT2D eigenvalue weighted by atomic mass is 32.2. The van der Waals surface area contributed by atoms with Crippen LogP contribution in [0.15, 0.2) is 66.2 Å². The lowest BCUT2D eigenvalue weighted by molar-refractivity contribution is 0.415. The number of ether oxygens (including phenoxy) is 1. The van der Waals surface area contributed by atoms with Crippen LogP contribution in [0.5, 0.6) is 5.75 Å². The maximum atomic E-state index is 5.30. The molecule has 2 aromatic rings. The van der Waals surface area contributed by atoms with Crippen molar-refractivity contribution in [3.63, 3.8) is 0 Å². The van der Waals surface area contributed by atoms with Gasteiger partial charge in [-0.1, -0.05) is 36.4 Å². The van der Waals surface area contributed by atoms with Crippen molar-refractivity contribution in [1.29, 1.82) is 0 Å². The van der Waals surface area contributed by atoms with Crippen LogP contribution in [0.25, 0.3) is 0 Å². The average Bonchev–Trinajstić information content (AvgIpc) is 2.98. The van der Waals surface area contributed by atoms with Crippen molar-refractivity contribution in [3.05, 3.63) is 71.8 Å². The van der Waals surface area contributed by atoms with Crippen molar-refractivity contribution in [1.82, 2.24) is 0 Å². The van der Waals surface area contributed by atoms with Crippen LogP contribution in [0, 0.1) is 0 Å². The van der Waals surface area contributed by atoms with E-state index in [0.717, 1.165) is 11.4 Å². The van der Waals surface area contributed by atoms with E-state index in [1.165, 1.54) is 5.56 Å². The Bertz CT molecular complexity index is 582. The van der Waals surface area contributed by atoms with Gasteiger partial charge in [-0.25, -0.2) is 0 Å². The standard InChI is InChI=1S/C16H15NOS/c1-18-15-9-5-8-14(12-15)17-10-11-19-16(17)13-6-3-2-4-7-13/h2-12,16H,1H3. The van der Waals surface area contributed by atoms with Crippen molar-refractivity contribution in [3.8, 4) is 5.75 Å². The Hall–Kier alpha value is -1.87. The number of benzene rings is 2. The minimum atomic E-state index is 0.299.